The molecule has 1 fully saturated rings. The van der Waals surface area contributed by atoms with Gasteiger partial charge in [0, 0.05) is 18.0 Å². The van der Waals surface area contributed by atoms with E-state index in [0.29, 0.717) is 18.4 Å². The van der Waals surface area contributed by atoms with E-state index in [1.807, 2.05) is 13.8 Å². The van der Waals surface area contributed by atoms with Crippen molar-refractivity contribution in [1.82, 2.24) is 5.32 Å². The maximum absolute atomic E-state index is 12.4. The minimum absolute atomic E-state index is 0.162. The van der Waals surface area contributed by atoms with Crippen LogP contribution in [-0.4, -0.2) is 18.0 Å². The number of nitrogens with one attached hydrogen (secondary N) is 1. The first-order chi connectivity index (χ1) is 9.03. The number of rotatable bonds is 3. The van der Waals surface area contributed by atoms with E-state index in [1.54, 1.807) is 0 Å². The molecule has 1 aromatic rings. The summed E-state index contributed by atoms with van der Waals surface area (Å²) in [6.45, 7) is 4.42. The first-order valence-corrected chi connectivity index (χ1v) is 7.13. The van der Waals surface area contributed by atoms with Crippen LogP contribution in [0.25, 0.3) is 0 Å². The second-order valence-corrected chi connectivity index (χ2v) is 6.53. The van der Waals surface area contributed by atoms with Gasteiger partial charge in [-0.1, -0.05) is 24.3 Å². The highest BCUT2D eigenvalue weighted by Gasteiger charge is 2.57. The molecule has 3 atom stereocenters. The second-order valence-electron chi connectivity index (χ2n) is 6.53. The highest BCUT2D eigenvalue weighted by atomic mass is 16.2. The zero-order valence-corrected chi connectivity index (χ0v) is 11.6. The fourth-order valence-corrected chi connectivity index (χ4v) is 3.39. The molecule has 0 bridgehead atoms. The second kappa shape index (κ2) is 4.34. The molecule has 1 amide bonds. The van der Waals surface area contributed by atoms with Crippen molar-refractivity contribution in [2.45, 2.75) is 38.1 Å². The van der Waals surface area contributed by atoms with Crippen LogP contribution in [0.5, 0.6) is 0 Å². The third-order valence-corrected chi connectivity index (χ3v) is 4.60. The van der Waals surface area contributed by atoms with Crippen molar-refractivity contribution in [2.75, 3.05) is 6.54 Å². The highest BCUT2D eigenvalue weighted by molar-refractivity contribution is 5.84. The van der Waals surface area contributed by atoms with Gasteiger partial charge in [0.15, 0.2) is 0 Å². The van der Waals surface area contributed by atoms with E-state index in [2.05, 4.69) is 29.6 Å². The molecule has 2 aliphatic carbocycles. The lowest BCUT2D eigenvalue weighted by Gasteiger charge is -2.24. The average molecular weight is 258 g/mol. The Balaban J connectivity index is 1.76. The molecule has 102 valence electrons. The number of benzene rings is 1. The van der Waals surface area contributed by atoms with Gasteiger partial charge in [-0.15, -0.1) is 0 Å². The van der Waals surface area contributed by atoms with Crippen LogP contribution in [0.4, 0.5) is 0 Å². The lowest BCUT2D eigenvalue weighted by atomic mass is 9.92. The molecule has 2 aliphatic rings. The van der Waals surface area contributed by atoms with Crippen LogP contribution in [-0.2, 0) is 11.2 Å². The first-order valence-electron chi connectivity index (χ1n) is 7.13. The summed E-state index contributed by atoms with van der Waals surface area (Å²) in [4.78, 5) is 12.4. The van der Waals surface area contributed by atoms with Crippen LogP contribution < -0.4 is 11.1 Å². The third-order valence-electron chi connectivity index (χ3n) is 4.60. The maximum Gasteiger partial charge on any atom is 0.224 e. The van der Waals surface area contributed by atoms with E-state index in [0.717, 1.165) is 12.8 Å². The fourth-order valence-electron chi connectivity index (χ4n) is 3.39. The zero-order valence-electron chi connectivity index (χ0n) is 11.6. The van der Waals surface area contributed by atoms with Gasteiger partial charge in [-0.25, -0.2) is 0 Å². The number of hydrogen-bond donors (Lipinski definition) is 2. The summed E-state index contributed by atoms with van der Waals surface area (Å²) in [5, 5.41) is 3.09. The van der Waals surface area contributed by atoms with Crippen LogP contribution in [0.15, 0.2) is 24.3 Å². The summed E-state index contributed by atoms with van der Waals surface area (Å²) in [5.41, 5.74) is 8.20. The van der Waals surface area contributed by atoms with Crippen LogP contribution in [0.1, 0.15) is 37.3 Å². The maximum atomic E-state index is 12.4. The van der Waals surface area contributed by atoms with Crippen LogP contribution in [0.3, 0.4) is 0 Å². The van der Waals surface area contributed by atoms with Crippen molar-refractivity contribution in [2.24, 2.45) is 17.6 Å². The number of fused-ring (bicyclic) bond motifs is 3. The summed E-state index contributed by atoms with van der Waals surface area (Å²) in [7, 11) is 0. The normalized spacial score (nSPS) is 28.3. The molecule has 0 aromatic heterocycles. The van der Waals surface area contributed by atoms with Crippen molar-refractivity contribution in [3.05, 3.63) is 35.4 Å². The molecule has 0 saturated heterocycles. The van der Waals surface area contributed by atoms with Gasteiger partial charge in [0.05, 0.1) is 0 Å². The molecule has 0 aliphatic heterocycles. The molecule has 19 heavy (non-hydrogen) atoms. The Hall–Kier alpha value is -1.35. The van der Waals surface area contributed by atoms with Gasteiger partial charge in [0.25, 0.3) is 0 Å². The SMILES string of the molecule is CC(C)(CN)NC(=O)C1C2CCc3ccccc3C21. The van der Waals surface area contributed by atoms with Gasteiger partial charge in [-0.3, -0.25) is 4.79 Å². The van der Waals surface area contributed by atoms with Gasteiger partial charge in [0.2, 0.25) is 5.91 Å². The Bertz CT molecular complexity index is 509. The van der Waals surface area contributed by atoms with Gasteiger partial charge in [-0.2, -0.15) is 0 Å². The van der Waals surface area contributed by atoms with Crippen molar-refractivity contribution < 1.29 is 4.79 Å². The topological polar surface area (TPSA) is 55.1 Å². The van der Waals surface area contributed by atoms with E-state index in [1.165, 1.54) is 11.1 Å². The Kier molecular flexibility index (Phi) is 2.90. The monoisotopic (exact) mass is 258 g/mol. The van der Waals surface area contributed by atoms with Crippen molar-refractivity contribution >= 4 is 5.91 Å². The number of carbonyl (C=O) groups is 1. The molecule has 0 spiro atoms. The van der Waals surface area contributed by atoms with E-state index < -0.39 is 0 Å². The minimum atomic E-state index is -0.303. The van der Waals surface area contributed by atoms with Crippen LogP contribution in [0, 0.1) is 11.8 Å². The van der Waals surface area contributed by atoms with Gasteiger partial charge >= 0.3 is 0 Å². The quantitative estimate of drug-likeness (QED) is 0.869. The van der Waals surface area contributed by atoms with Crippen LogP contribution in [0.2, 0.25) is 0 Å². The number of amides is 1. The third kappa shape index (κ3) is 2.16. The molecule has 3 heteroatoms. The summed E-state index contributed by atoms with van der Waals surface area (Å²) >= 11 is 0. The number of aryl methyl sites for hydroxylation is 1. The zero-order chi connectivity index (χ0) is 13.6. The largest absolute Gasteiger partial charge is 0.350 e. The summed E-state index contributed by atoms with van der Waals surface area (Å²) in [6, 6.07) is 8.56. The fraction of sp³-hybridized carbons (Fsp3) is 0.562. The first kappa shape index (κ1) is 12.7. The van der Waals surface area contributed by atoms with Crippen molar-refractivity contribution in [3.8, 4) is 0 Å². The molecule has 1 saturated carbocycles. The summed E-state index contributed by atoms with van der Waals surface area (Å²) < 4.78 is 0. The standard InChI is InChI=1S/C16H22N2O/c1-16(2,9-17)18-15(19)14-12-8-7-10-5-3-4-6-11(10)13(12)14/h3-6,12-14H,7-9,17H2,1-2H3,(H,18,19). The Morgan fingerprint density at radius 3 is 2.89 bits per heavy atom. The van der Waals surface area contributed by atoms with Gasteiger partial charge in [-0.05, 0) is 49.7 Å². The number of hydrogen-bond acceptors (Lipinski definition) is 2. The molecule has 3 rings (SSSR count). The Morgan fingerprint density at radius 2 is 2.16 bits per heavy atom. The van der Waals surface area contributed by atoms with Crippen molar-refractivity contribution in [1.29, 1.82) is 0 Å². The van der Waals surface area contributed by atoms with E-state index >= 15 is 0 Å². The van der Waals surface area contributed by atoms with E-state index in [4.69, 9.17) is 5.73 Å². The van der Waals surface area contributed by atoms with E-state index in [9.17, 15) is 4.79 Å². The highest BCUT2D eigenvalue weighted by Crippen LogP contribution is 2.59. The number of nitrogens with two attached hydrogens (primary N) is 1. The van der Waals surface area contributed by atoms with Gasteiger partial charge in [0.1, 0.15) is 0 Å². The number of carbonyl (C=O) groups excluding carboxylic acids is 1. The molecule has 0 heterocycles. The van der Waals surface area contributed by atoms with Gasteiger partial charge < -0.3 is 11.1 Å². The molecule has 1 aromatic carbocycles. The predicted molar refractivity (Wildman–Crippen MR) is 75.8 cm³/mol. The average Bonchev–Trinajstić information content (AvgIpc) is 3.13. The molecule has 0 radical (unpaired) electrons. The van der Waals surface area contributed by atoms with Crippen molar-refractivity contribution in [3.63, 3.8) is 0 Å². The Morgan fingerprint density at radius 1 is 1.42 bits per heavy atom. The molecular weight excluding hydrogens is 236 g/mol. The Labute approximate surface area is 114 Å². The molecule has 3 N–H and O–H groups in total. The molecule has 3 nitrogen and oxygen atoms in total. The summed E-state index contributed by atoms with van der Waals surface area (Å²) in [5.74, 6) is 1.33. The van der Waals surface area contributed by atoms with E-state index in [-0.39, 0.29) is 17.4 Å². The lowest BCUT2D eigenvalue weighted by molar-refractivity contribution is -0.124. The lowest BCUT2D eigenvalue weighted by Crippen LogP contribution is -2.49. The summed E-state index contributed by atoms with van der Waals surface area (Å²) in [6.07, 6.45) is 2.25. The van der Waals surface area contributed by atoms with Crippen LogP contribution >= 0.6 is 0 Å². The molecule has 3 unspecified atom stereocenters. The predicted octanol–water partition coefficient (Wildman–Crippen LogP) is 1.82. The molecular formula is C16H22N2O. The minimum Gasteiger partial charge on any atom is -0.350 e. The smallest absolute Gasteiger partial charge is 0.224 e.